The minimum atomic E-state index is -3.49. The standard InChI is InChI=1S/C14H23N3O2S/c1-3-11-4-5-12(15)10-14(11)20(18,19)16-13-6-8-17(2)9-7-13/h4-5,10,13,16H,3,6-9,15H2,1-2H3. The van der Waals surface area contributed by atoms with Crippen LogP contribution in [0.15, 0.2) is 23.1 Å². The van der Waals surface area contributed by atoms with Gasteiger partial charge in [-0.2, -0.15) is 0 Å². The lowest BCUT2D eigenvalue weighted by Gasteiger charge is -2.29. The lowest BCUT2D eigenvalue weighted by molar-refractivity contribution is 0.248. The average molecular weight is 297 g/mol. The van der Waals surface area contributed by atoms with Gasteiger partial charge in [-0.15, -0.1) is 0 Å². The first kappa shape index (κ1) is 15.3. The van der Waals surface area contributed by atoms with Gasteiger partial charge in [0.2, 0.25) is 10.0 Å². The number of piperidine rings is 1. The van der Waals surface area contributed by atoms with E-state index in [0.717, 1.165) is 31.5 Å². The zero-order valence-corrected chi connectivity index (χ0v) is 12.9. The summed E-state index contributed by atoms with van der Waals surface area (Å²) in [7, 11) is -1.44. The van der Waals surface area contributed by atoms with Crippen molar-refractivity contribution in [2.24, 2.45) is 0 Å². The smallest absolute Gasteiger partial charge is 0.241 e. The van der Waals surface area contributed by atoms with Gasteiger partial charge in [-0.25, -0.2) is 13.1 Å². The maximum absolute atomic E-state index is 12.5. The van der Waals surface area contributed by atoms with Crippen LogP contribution in [-0.2, 0) is 16.4 Å². The van der Waals surface area contributed by atoms with Gasteiger partial charge in [0.05, 0.1) is 4.90 Å². The monoisotopic (exact) mass is 297 g/mol. The molecule has 112 valence electrons. The fourth-order valence-corrected chi connectivity index (χ4v) is 4.17. The summed E-state index contributed by atoms with van der Waals surface area (Å²) in [6.07, 6.45) is 2.36. The number of aryl methyl sites for hydroxylation is 1. The second kappa shape index (κ2) is 6.11. The summed E-state index contributed by atoms with van der Waals surface area (Å²) in [4.78, 5) is 2.53. The van der Waals surface area contributed by atoms with Gasteiger partial charge in [-0.05, 0) is 57.1 Å². The van der Waals surface area contributed by atoms with E-state index in [2.05, 4.69) is 16.7 Å². The molecule has 2 rings (SSSR count). The van der Waals surface area contributed by atoms with E-state index in [-0.39, 0.29) is 6.04 Å². The number of nitrogens with two attached hydrogens (primary N) is 1. The molecule has 1 heterocycles. The molecule has 1 saturated heterocycles. The number of anilines is 1. The molecule has 0 spiro atoms. The molecule has 0 atom stereocenters. The summed E-state index contributed by atoms with van der Waals surface area (Å²) in [5.41, 5.74) is 7.01. The Hall–Kier alpha value is -1.11. The van der Waals surface area contributed by atoms with Crippen molar-refractivity contribution in [1.82, 2.24) is 9.62 Å². The summed E-state index contributed by atoms with van der Waals surface area (Å²) < 4.78 is 27.9. The van der Waals surface area contributed by atoms with E-state index in [9.17, 15) is 8.42 Å². The zero-order chi connectivity index (χ0) is 14.8. The van der Waals surface area contributed by atoms with Gasteiger partial charge in [0.25, 0.3) is 0 Å². The largest absolute Gasteiger partial charge is 0.399 e. The van der Waals surface area contributed by atoms with Gasteiger partial charge in [-0.1, -0.05) is 13.0 Å². The second-order valence-electron chi connectivity index (χ2n) is 5.42. The van der Waals surface area contributed by atoms with Crippen molar-refractivity contribution in [3.63, 3.8) is 0 Å². The third kappa shape index (κ3) is 3.50. The molecule has 1 aliphatic rings. The van der Waals surface area contributed by atoms with Gasteiger partial charge in [-0.3, -0.25) is 0 Å². The highest BCUT2D eigenvalue weighted by molar-refractivity contribution is 7.89. The van der Waals surface area contributed by atoms with E-state index < -0.39 is 10.0 Å². The van der Waals surface area contributed by atoms with Crippen LogP contribution in [0.25, 0.3) is 0 Å². The van der Waals surface area contributed by atoms with Crippen LogP contribution in [0.3, 0.4) is 0 Å². The fourth-order valence-electron chi connectivity index (χ4n) is 2.52. The predicted molar refractivity (Wildman–Crippen MR) is 81.1 cm³/mol. The van der Waals surface area contributed by atoms with E-state index in [1.807, 2.05) is 6.92 Å². The molecule has 1 aliphatic heterocycles. The molecule has 0 aliphatic carbocycles. The number of likely N-dealkylation sites (tertiary alicyclic amines) is 1. The molecule has 5 nitrogen and oxygen atoms in total. The number of sulfonamides is 1. The van der Waals surface area contributed by atoms with Crippen LogP contribution in [0.2, 0.25) is 0 Å². The van der Waals surface area contributed by atoms with E-state index in [1.165, 1.54) is 0 Å². The average Bonchev–Trinajstić information content (AvgIpc) is 2.41. The van der Waals surface area contributed by atoms with Crippen molar-refractivity contribution >= 4 is 15.7 Å². The highest BCUT2D eigenvalue weighted by atomic mass is 32.2. The molecule has 1 aromatic carbocycles. The van der Waals surface area contributed by atoms with Crippen molar-refractivity contribution in [3.05, 3.63) is 23.8 Å². The number of nitrogen functional groups attached to an aromatic ring is 1. The fraction of sp³-hybridized carbons (Fsp3) is 0.571. The SMILES string of the molecule is CCc1ccc(N)cc1S(=O)(=O)NC1CCN(C)CC1. The Morgan fingerprint density at radius 2 is 2.00 bits per heavy atom. The summed E-state index contributed by atoms with van der Waals surface area (Å²) in [6.45, 7) is 3.79. The van der Waals surface area contributed by atoms with E-state index in [0.29, 0.717) is 17.0 Å². The Labute approximate surface area is 121 Å². The first-order valence-corrected chi connectivity index (χ1v) is 8.50. The molecule has 1 aromatic rings. The molecule has 6 heteroatoms. The van der Waals surface area contributed by atoms with Crippen molar-refractivity contribution in [3.8, 4) is 0 Å². The molecule has 1 fully saturated rings. The Morgan fingerprint density at radius 3 is 2.60 bits per heavy atom. The topological polar surface area (TPSA) is 75.4 Å². The number of benzene rings is 1. The quantitative estimate of drug-likeness (QED) is 0.819. The maximum Gasteiger partial charge on any atom is 0.241 e. The van der Waals surface area contributed by atoms with Crippen LogP contribution in [-0.4, -0.2) is 39.5 Å². The lowest BCUT2D eigenvalue weighted by Crippen LogP contribution is -2.43. The Kier molecular flexibility index (Phi) is 4.67. The number of nitrogens with one attached hydrogen (secondary N) is 1. The summed E-state index contributed by atoms with van der Waals surface area (Å²) in [5.74, 6) is 0. The van der Waals surface area contributed by atoms with Crippen LogP contribution >= 0.6 is 0 Å². The van der Waals surface area contributed by atoms with E-state index >= 15 is 0 Å². The van der Waals surface area contributed by atoms with Crippen LogP contribution in [0.4, 0.5) is 5.69 Å². The normalized spacial score (nSPS) is 18.3. The molecule has 20 heavy (non-hydrogen) atoms. The van der Waals surface area contributed by atoms with Gasteiger partial charge in [0, 0.05) is 11.7 Å². The van der Waals surface area contributed by atoms with Crippen molar-refractivity contribution in [2.75, 3.05) is 25.9 Å². The van der Waals surface area contributed by atoms with Crippen molar-refractivity contribution in [2.45, 2.75) is 37.1 Å². The Balaban J connectivity index is 2.20. The summed E-state index contributed by atoms with van der Waals surface area (Å²) in [5, 5.41) is 0. The lowest BCUT2D eigenvalue weighted by atomic mass is 10.1. The summed E-state index contributed by atoms with van der Waals surface area (Å²) in [6, 6.07) is 5.10. The predicted octanol–water partition coefficient (Wildman–Crippen LogP) is 1.20. The van der Waals surface area contributed by atoms with Crippen LogP contribution in [0, 0.1) is 0 Å². The van der Waals surface area contributed by atoms with Crippen LogP contribution in [0.1, 0.15) is 25.3 Å². The second-order valence-corrected chi connectivity index (χ2v) is 7.10. The summed E-state index contributed by atoms with van der Waals surface area (Å²) >= 11 is 0. The number of rotatable bonds is 4. The number of hydrogen-bond donors (Lipinski definition) is 2. The Morgan fingerprint density at radius 1 is 1.35 bits per heavy atom. The third-order valence-electron chi connectivity index (χ3n) is 3.80. The maximum atomic E-state index is 12.5. The third-order valence-corrected chi connectivity index (χ3v) is 5.40. The zero-order valence-electron chi connectivity index (χ0n) is 12.1. The number of hydrogen-bond acceptors (Lipinski definition) is 4. The Bertz CT molecular complexity index is 564. The molecule has 0 radical (unpaired) electrons. The van der Waals surface area contributed by atoms with Crippen molar-refractivity contribution in [1.29, 1.82) is 0 Å². The minimum absolute atomic E-state index is 0.0161. The van der Waals surface area contributed by atoms with E-state index in [4.69, 9.17) is 5.73 Å². The molecular formula is C14H23N3O2S. The molecular weight excluding hydrogens is 274 g/mol. The molecule has 0 unspecified atom stereocenters. The molecule has 0 aromatic heterocycles. The first-order chi connectivity index (χ1) is 9.42. The van der Waals surface area contributed by atoms with Gasteiger partial charge >= 0.3 is 0 Å². The van der Waals surface area contributed by atoms with Gasteiger partial charge in [0.15, 0.2) is 0 Å². The minimum Gasteiger partial charge on any atom is -0.399 e. The van der Waals surface area contributed by atoms with Gasteiger partial charge < -0.3 is 10.6 Å². The van der Waals surface area contributed by atoms with E-state index in [1.54, 1.807) is 18.2 Å². The molecule has 0 amide bonds. The highest BCUT2D eigenvalue weighted by Crippen LogP contribution is 2.21. The van der Waals surface area contributed by atoms with Crippen LogP contribution in [0.5, 0.6) is 0 Å². The number of nitrogens with zero attached hydrogens (tertiary/aromatic N) is 1. The first-order valence-electron chi connectivity index (χ1n) is 7.01. The molecule has 0 bridgehead atoms. The van der Waals surface area contributed by atoms with Crippen LogP contribution < -0.4 is 10.5 Å². The van der Waals surface area contributed by atoms with Gasteiger partial charge in [0.1, 0.15) is 0 Å². The van der Waals surface area contributed by atoms with Crippen molar-refractivity contribution < 1.29 is 8.42 Å². The molecule has 3 N–H and O–H groups in total. The highest BCUT2D eigenvalue weighted by Gasteiger charge is 2.25. The molecule has 0 saturated carbocycles.